The lowest BCUT2D eigenvalue weighted by atomic mass is 9.44. The van der Waals surface area contributed by atoms with Crippen LogP contribution >= 0.6 is 15.8 Å². The molecule has 1 nitrogen and oxygen atoms in total. The Bertz CT molecular complexity index is 788. The van der Waals surface area contributed by atoms with Crippen molar-refractivity contribution in [3.8, 4) is 0 Å². The molecule has 1 N–H and O–H groups in total. The molecule has 0 spiro atoms. The second kappa shape index (κ2) is 12.3. The Balaban J connectivity index is 2.17. The van der Waals surface area contributed by atoms with Crippen LogP contribution in [0.4, 0.5) is 0 Å². The van der Waals surface area contributed by atoms with Gasteiger partial charge < -0.3 is 5.11 Å². The van der Waals surface area contributed by atoms with E-state index in [9.17, 15) is 5.11 Å². The molecule has 0 saturated heterocycles. The molecule has 1 aromatic carbocycles. The quantitative estimate of drug-likeness (QED) is 0.204. The maximum Gasteiger partial charge on any atom is 0.0579 e. The highest BCUT2D eigenvalue weighted by Crippen LogP contribution is 2.64. The summed E-state index contributed by atoms with van der Waals surface area (Å²) in [4.78, 5) is 0. The number of hydrogen-bond donors (Lipinski definition) is 1. The third kappa shape index (κ3) is 5.89. The highest BCUT2D eigenvalue weighted by Gasteiger charge is 2.59. The highest BCUT2D eigenvalue weighted by molar-refractivity contribution is 7.67. The Morgan fingerprint density at radius 1 is 0.829 bits per heavy atom. The molecule has 3 heteroatoms. The predicted molar refractivity (Wildman–Crippen MR) is 162 cm³/mol. The molecule has 0 aromatic heterocycles. The minimum absolute atomic E-state index is 0.126. The van der Waals surface area contributed by atoms with E-state index in [1.807, 2.05) is 0 Å². The molecule has 2 bridgehead atoms. The highest BCUT2D eigenvalue weighted by atomic mass is 31.1. The number of aliphatic hydroxyl groups is 1. The van der Waals surface area contributed by atoms with Gasteiger partial charge in [-0.1, -0.05) is 116 Å². The summed E-state index contributed by atoms with van der Waals surface area (Å²) in [5.41, 5.74) is 3.84. The van der Waals surface area contributed by atoms with Gasteiger partial charge in [0.15, 0.2) is 0 Å². The van der Waals surface area contributed by atoms with Gasteiger partial charge >= 0.3 is 0 Å². The average Bonchev–Trinajstić information content (AvgIpc) is 2.82. The second-order valence-electron chi connectivity index (χ2n) is 12.6. The molecule has 200 valence electrons. The minimum Gasteiger partial charge on any atom is -0.393 e. The first-order chi connectivity index (χ1) is 16.6. The number of fused-ring (bicyclic) bond motifs is 2. The summed E-state index contributed by atoms with van der Waals surface area (Å²) in [6.07, 6.45) is 13.9. The van der Waals surface area contributed by atoms with E-state index in [4.69, 9.17) is 0 Å². The lowest BCUT2D eigenvalue weighted by Gasteiger charge is -2.62. The van der Waals surface area contributed by atoms with Crippen LogP contribution in [0.1, 0.15) is 124 Å². The van der Waals surface area contributed by atoms with Gasteiger partial charge in [-0.15, -0.1) is 0 Å². The van der Waals surface area contributed by atoms with E-state index in [1.165, 1.54) is 63.2 Å². The van der Waals surface area contributed by atoms with Gasteiger partial charge in [-0.25, -0.2) is 0 Å². The molecular formula is C32H56OP2. The first-order valence-electron chi connectivity index (χ1n) is 14.9. The molecule has 3 aliphatic rings. The van der Waals surface area contributed by atoms with Crippen molar-refractivity contribution in [3.63, 3.8) is 0 Å². The molecule has 0 radical (unpaired) electrons. The average molecular weight is 519 g/mol. The van der Waals surface area contributed by atoms with Gasteiger partial charge in [-0.3, -0.25) is 0 Å². The zero-order valence-electron chi connectivity index (χ0n) is 24.6. The van der Waals surface area contributed by atoms with Crippen molar-refractivity contribution in [1.29, 1.82) is 0 Å². The normalized spacial score (nSPS) is 25.8. The third-order valence-corrected chi connectivity index (χ3v) is 15.2. The number of aliphatic hydroxyl groups excluding tert-OH is 1. The lowest BCUT2D eigenvalue weighted by molar-refractivity contribution is -0.152. The first-order valence-corrected chi connectivity index (χ1v) is 18.4. The number of unbranched alkanes of at least 4 members (excludes halogenated alkanes) is 3. The molecule has 3 fully saturated rings. The van der Waals surface area contributed by atoms with Crippen LogP contribution in [0.3, 0.4) is 0 Å². The summed E-state index contributed by atoms with van der Waals surface area (Å²) in [6, 6.07) is 5.39. The van der Waals surface area contributed by atoms with Gasteiger partial charge in [0.2, 0.25) is 0 Å². The number of rotatable bonds is 13. The molecule has 1 aromatic rings. The van der Waals surface area contributed by atoms with Crippen LogP contribution < -0.4 is 10.6 Å². The molecule has 4 rings (SSSR count). The molecule has 3 aliphatic carbocycles. The summed E-state index contributed by atoms with van der Waals surface area (Å²) in [7, 11) is -0.296. The molecule has 0 amide bonds. The fourth-order valence-corrected chi connectivity index (χ4v) is 11.7. The zero-order chi connectivity index (χ0) is 26.0. The lowest BCUT2D eigenvalue weighted by Crippen LogP contribution is -2.58. The van der Waals surface area contributed by atoms with Crippen molar-refractivity contribution in [2.45, 2.75) is 125 Å². The van der Waals surface area contributed by atoms with Gasteiger partial charge in [-0.2, -0.15) is 0 Å². The largest absolute Gasteiger partial charge is 0.393 e. The van der Waals surface area contributed by atoms with Crippen LogP contribution in [-0.4, -0.2) is 35.9 Å². The smallest absolute Gasteiger partial charge is 0.0579 e. The first kappa shape index (κ1) is 29.6. The third-order valence-electron chi connectivity index (χ3n) is 10.0. The van der Waals surface area contributed by atoms with Crippen LogP contribution in [-0.2, 0) is 5.41 Å². The van der Waals surface area contributed by atoms with Crippen molar-refractivity contribution >= 4 is 26.5 Å². The van der Waals surface area contributed by atoms with E-state index in [-0.39, 0.29) is 32.8 Å². The number of hydrogen-bond acceptors (Lipinski definition) is 1. The molecule has 3 saturated carbocycles. The SMILES string of the molecule is CCCCCCC(C)(C)c1cc(P(CC)CC)c(C2CC(O)C3CC2C3(C)C)c(P(CC)CC)c1. The van der Waals surface area contributed by atoms with Crippen LogP contribution in [0.2, 0.25) is 0 Å². The standard InChI is InChI=1S/C32H56OP2/c1-10-15-16-17-18-31(6,7)23-19-28(34(11-2)12-3)30(29(20-23)35(13-4)14-5)24-21-27(33)26-22-25(24)32(26,8)9/h19-20,24-27,33H,10-18,21-22H2,1-9H3. The monoisotopic (exact) mass is 518 g/mol. The van der Waals surface area contributed by atoms with E-state index in [2.05, 4.69) is 74.4 Å². The maximum atomic E-state index is 11.2. The molecule has 0 aliphatic heterocycles. The minimum atomic E-state index is -0.148. The summed E-state index contributed by atoms with van der Waals surface area (Å²) in [5.74, 6) is 1.79. The van der Waals surface area contributed by atoms with Gasteiger partial charge in [0, 0.05) is 0 Å². The van der Waals surface area contributed by atoms with Crippen LogP contribution in [0.5, 0.6) is 0 Å². The van der Waals surface area contributed by atoms with E-state index >= 15 is 0 Å². The maximum absolute atomic E-state index is 11.2. The second-order valence-corrected chi connectivity index (χ2v) is 18.3. The Kier molecular flexibility index (Phi) is 10.4. The Morgan fingerprint density at radius 3 is 1.80 bits per heavy atom. The van der Waals surface area contributed by atoms with Crippen molar-refractivity contribution in [2.75, 3.05) is 24.6 Å². The van der Waals surface area contributed by atoms with Gasteiger partial charge in [0.05, 0.1) is 6.10 Å². The van der Waals surface area contributed by atoms with Crippen molar-refractivity contribution in [2.24, 2.45) is 17.3 Å². The summed E-state index contributed by atoms with van der Waals surface area (Å²) < 4.78 is 0. The van der Waals surface area contributed by atoms with Crippen molar-refractivity contribution in [1.82, 2.24) is 0 Å². The van der Waals surface area contributed by atoms with E-state index in [1.54, 1.807) is 21.7 Å². The predicted octanol–water partition coefficient (Wildman–Crippen LogP) is 8.74. The molecule has 4 unspecified atom stereocenters. The Hall–Kier alpha value is 0.0400. The Morgan fingerprint density at radius 2 is 1.37 bits per heavy atom. The molecule has 4 atom stereocenters. The number of benzene rings is 1. The molecule has 35 heavy (non-hydrogen) atoms. The van der Waals surface area contributed by atoms with Gasteiger partial charge in [0.1, 0.15) is 0 Å². The van der Waals surface area contributed by atoms with Gasteiger partial charge in [0.25, 0.3) is 0 Å². The molecule has 0 heterocycles. The summed E-state index contributed by atoms with van der Waals surface area (Å²) in [5, 5.41) is 14.7. The fraction of sp³-hybridized carbons (Fsp3) is 0.812. The topological polar surface area (TPSA) is 20.2 Å². The summed E-state index contributed by atoms with van der Waals surface area (Å²) >= 11 is 0. The zero-order valence-corrected chi connectivity index (χ0v) is 26.4. The molecular weight excluding hydrogens is 462 g/mol. The fourth-order valence-electron chi connectivity index (χ4n) is 7.42. The summed E-state index contributed by atoms with van der Waals surface area (Å²) in [6.45, 7) is 21.9. The van der Waals surface area contributed by atoms with Crippen LogP contribution in [0.25, 0.3) is 0 Å². The van der Waals surface area contributed by atoms with Crippen molar-refractivity contribution in [3.05, 3.63) is 23.3 Å². The Labute approximate surface area is 221 Å². The van der Waals surface area contributed by atoms with E-state index in [0.717, 1.165) is 12.3 Å². The van der Waals surface area contributed by atoms with Gasteiger partial charge in [-0.05, 0) is 94.2 Å². The van der Waals surface area contributed by atoms with Crippen LogP contribution in [0, 0.1) is 17.3 Å². The van der Waals surface area contributed by atoms with E-state index in [0.29, 0.717) is 11.8 Å². The van der Waals surface area contributed by atoms with E-state index < -0.39 is 0 Å². The van der Waals surface area contributed by atoms with Crippen molar-refractivity contribution < 1.29 is 5.11 Å². The van der Waals surface area contributed by atoms with Crippen LogP contribution in [0.15, 0.2) is 12.1 Å².